The van der Waals surface area contributed by atoms with E-state index in [1.807, 2.05) is 3.61 Å². The van der Waals surface area contributed by atoms with Gasteiger partial charge in [-0.15, -0.1) is 0 Å². The summed E-state index contributed by atoms with van der Waals surface area (Å²) < 4.78 is 9.04. The number of fused-ring (bicyclic) bond motifs is 3. The van der Waals surface area contributed by atoms with Gasteiger partial charge in [-0.2, -0.15) is 0 Å². The molecule has 4 heteroatoms. The molecule has 0 aliphatic heterocycles. The zero-order valence-electron chi connectivity index (χ0n) is 15.8. The third-order valence-electron chi connectivity index (χ3n) is 5.63. The molecule has 0 saturated heterocycles. The van der Waals surface area contributed by atoms with E-state index in [1.165, 1.54) is 4.70 Å². The minimum absolute atomic E-state index is 0.0433. The average Bonchev–Trinajstić information content (AvgIpc) is 3.02. The Morgan fingerprint density at radius 1 is 0.958 bits per heavy atom. The normalized spacial score (nSPS) is 13.2. The minimum atomic E-state index is -1.45. The summed E-state index contributed by atoms with van der Waals surface area (Å²) in [6, 6.07) is 9.16. The molecule has 0 radical (unpaired) electrons. The van der Waals surface area contributed by atoms with Crippen LogP contribution in [-0.4, -0.2) is 49.4 Å². The Labute approximate surface area is 171 Å². The van der Waals surface area contributed by atoms with Gasteiger partial charge in [0, 0.05) is 0 Å². The first kappa shape index (κ1) is 19.5. The van der Waals surface area contributed by atoms with Crippen molar-refractivity contribution >= 4 is 85.8 Å². The number of hydrogen-bond donors (Lipinski definition) is 0. The van der Waals surface area contributed by atoms with E-state index >= 15 is 0 Å². The van der Waals surface area contributed by atoms with E-state index in [2.05, 4.69) is 85.3 Å². The summed E-state index contributed by atoms with van der Waals surface area (Å²) in [6.45, 7) is 15.2. The van der Waals surface area contributed by atoms with Crippen molar-refractivity contribution in [2.45, 2.75) is 63.1 Å². The van der Waals surface area contributed by atoms with Crippen LogP contribution in [0, 0.1) is 0 Å². The van der Waals surface area contributed by atoms with Crippen molar-refractivity contribution in [3.05, 3.63) is 24.3 Å². The van der Waals surface area contributed by atoms with Crippen molar-refractivity contribution < 1.29 is 0 Å². The quantitative estimate of drug-likeness (QED) is 0.354. The summed E-state index contributed by atoms with van der Waals surface area (Å²) in [5.74, 6) is 0. The predicted molar refractivity (Wildman–Crippen MR) is 118 cm³/mol. The summed E-state index contributed by atoms with van der Waals surface area (Å²) in [5.41, 5.74) is 2.56. The fourth-order valence-corrected chi connectivity index (χ4v) is 31.5. The van der Waals surface area contributed by atoms with Gasteiger partial charge in [-0.05, 0) is 0 Å². The van der Waals surface area contributed by atoms with Gasteiger partial charge in [-0.3, -0.25) is 0 Å². The van der Waals surface area contributed by atoms with Crippen LogP contribution in [0.4, 0.5) is 0 Å². The molecule has 130 valence electrons. The second-order valence-corrected chi connectivity index (χ2v) is 20.9. The fourth-order valence-electron chi connectivity index (χ4n) is 4.78. The maximum atomic E-state index is 2.53. The number of benzene rings is 1. The van der Waals surface area contributed by atoms with Crippen LogP contribution < -0.4 is 6.81 Å². The molecule has 0 saturated carbocycles. The van der Waals surface area contributed by atoms with E-state index in [9.17, 15) is 0 Å². The second kappa shape index (κ2) is 7.38. The molecule has 0 unspecified atom stereocenters. The molecule has 0 nitrogen and oxygen atoms in total. The molecule has 0 aliphatic rings. The molecule has 0 atom stereocenters. The maximum absolute atomic E-state index is 2.53. The molecule has 2 heterocycles. The molecule has 0 aliphatic carbocycles. The Balaban J connectivity index is 2.39. The Hall–Kier alpha value is 0.716. The summed E-state index contributed by atoms with van der Waals surface area (Å²) in [7, 11) is -1.45. The van der Waals surface area contributed by atoms with E-state index in [1.54, 1.807) is 13.5 Å². The Morgan fingerprint density at radius 3 is 2.08 bits per heavy atom. The molecule has 3 aromatic rings. The Kier molecular flexibility index (Phi) is 5.99. The first-order chi connectivity index (χ1) is 11.4. The number of thiophene rings is 1. The third-order valence-corrected chi connectivity index (χ3v) is 25.2. The topological polar surface area (TPSA) is 0 Å². The van der Waals surface area contributed by atoms with Crippen LogP contribution >= 0.6 is 11.3 Å². The van der Waals surface area contributed by atoms with Crippen molar-refractivity contribution in [3.8, 4) is 0 Å². The van der Waals surface area contributed by atoms with Crippen molar-refractivity contribution in [1.29, 1.82) is 0 Å². The van der Waals surface area contributed by atoms with Crippen LogP contribution in [0.25, 0.3) is 18.2 Å². The molecule has 3 rings (SSSR count). The van der Waals surface area contributed by atoms with E-state index in [0.717, 1.165) is 16.6 Å². The number of rotatable bonds is 5. The second-order valence-electron chi connectivity index (χ2n) is 7.62. The Bertz CT molecular complexity index is 835. The van der Waals surface area contributed by atoms with Gasteiger partial charge < -0.3 is 0 Å². The van der Waals surface area contributed by atoms with Gasteiger partial charge in [0.2, 0.25) is 0 Å². The van der Waals surface area contributed by atoms with Gasteiger partial charge in [0.1, 0.15) is 0 Å². The van der Waals surface area contributed by atoms with Crippen molar-refractivity contribution in [2.75, 3.05) is 0 Å². The molecule has 0 bridgehead atoms. The van der Waals surface area contributed by atoms with E-state index in [-0.39, 0.29) is 41.4 Å². The van der Waals surface area contributed by atoms with E-state index in [0.29, 0.717) is 0 Å². The number of hydrogen-bond acceptors (Lipinski definition) is 1. The van der Waals surface area contributed by atoms with E-state index in [4.69, 9.17) is 0 Å². The summed E-state index contributed by atoms with van der Waals surface area (Å²) in [6.07, 6.45) is 0. The van der Waals surface area contributed by atoms with Crippen LogP contribution in [0.1, 0.15) is 41.5 Å². The molecule has 24 heavy (non-hydrogen) atoms. The van der Waals surface area contributed by atoms with Crippen molar-refractivity contribution in [3.63, 3.8) is 0 Å². The standard InChI is InChI=1S/C20H28SSiTe2/c1-12(2)22(13(3)4,14(5)6)20-19(23-7)17-18(24-20)15-10-8-9-11-16(15)21-17/h8-14H,1-7H3. The van der Waals surface area contributed by atoms with Gasteiger partial charge in [0.25, 0.3) is 0 Å². The zero-order chi connectivity index (χ0) is 17.6. The molecule has 2 aromatic heterocycles. The SMILES string of the molecule is C[Te]c1c([Si](C(C)C)(C(C)C)C(C)C)[te]c2c1sc1ccccc12. The van der Waals surface area contributed by atoms with Crippen LogP contribution in [0.3, 0.4) is 0 Å². The predicted octanol–water partition coefficient (Wildman–Crippen LogP) is 5.37. The average molecular weight is 584 g/mol. The van der Waals surface area contributed by atoms with Gasteiger partial charge >= 0.3 is 173 Å². The first-order valence-electron chi connectivity index (χ1n) is 8.84. The van der Waals surface area contributed by atoms with Crippen molar-refractivity contribution in [1.82, 2.24) is 0 Å². The zero-order valence-corrected chi connectivity index (χ0v) is 22.2. The monoisotopic (exact) mass is 588 g/mol. The van der Waals surface area contributed by atoms with Gasteiger partial charge in [0.05, 0.1) is 0 Å². The molecular formula is C20H28SSiTe2. The van der Waals surface area contributed by atoms with Gasteiger partial charge in [-0.25, -0.2) is 0 Å². The fraction of sp³-hybridized carbons (Fsp3) is 0.500. The summed E-state index contributed by atoms with van der Waals surface area (Å²) in [4.78, 5) is 2.52. The van der Waals surface area contributed by atoms with Crippen LogP contribution in [0.15, 0.2) is 24.3 Å². The van der Waals surface area contributed by atoms with Crippen molar-refractivity contribution in [2.24, 2.45) is 0 Å². The van der Waals surface area contributed by atoms with E-state index < -0.39 is 8.07 Å². The summed E-state index contributed by atoms with van der Waals surface area (Å²) >= 11 is 1.88. The molecule has 0 N–H and O–H groups in total. The Morgan fingerprint density at radius 2 is 1.54 bits per heavy atom. The molecular weight excluding hydrogens is 556 g/mol. The first-order valence-corrected chi connectivity index (χ1v) is 17.7. The third kappa shape index (κ3) is 2.81. The van der Waals surface area contributed by atoms with Crippen LogP contribution in [0.5, 0.6) is 0 Å². The van der Waals surface area contributed by atoms with Crippen LogP contribution in [-0.2, 0) is 0 Å². The van der Waals surface area contributed by atoms with Gasteiger partial charge in [-0.1, -0.05) is 0 Å². The molecule has 1 aromatic carbocycles. The molecule has 0 spiro atoms. The molecule has 0 amide bonds. The van der Waals surface area contributed by atoms with Gasteiger partial charge in [0.15, 0.2) is 0 Å². The van der Waals surface area contributed by atoms with Crippen LogP contribution in [0.2, 0.25) is 21.6 Å². The molecule has 0 fully saturated rings. The summed E-state index contributed by atoms with van der Waals surface area (Å²) in [5, 5.41) is 1.59.